The van der Waals surface area contributed by atoms with Gasteiger partial charge in [-0.3, -0.25) is 14.5 Å². The smallest absolute Gasteiger partial charge is 0.229 e. The summed E-state index contributed by atoms with van der Waals surface area (Å²) in [6, 6.07) is 6.66. The van der Waals surface area contributed by atoms with E-state index in [1.807, 2.05) is 17.0 Å². The highest BCUT2D eigenvalue weighted by Crippen LogP contribution is 2.36. The van der Waals surface area contributed by atoms with Crippen LogP contribution in [-0.2, 0) is 25.7 Å². The number of hydrogen-bond acceptors (Lipinski definition) is 10. The van der Waals surface area contributed by atoms with Gasteiger partial charge >= 0.3 is 0 Å². The summed E-state index contributed by atoms with van der Waals surface area (Å²) in [4.78, 5) is 43.9. The van der Waals surface area contributed by atoms with Crippen LogP contribution in [0.25, 0.3) is 21.3 Å². The number of anilines is 1. The highest BCUT2D eigenvalue weighted by molar-refractivity contribution is 7.22. The highest BCUT2D eigenvalue weighted by atomic mass is 32.1. The molecule has 4 atom stereocenters. The second-order valence-corrected chi connectivity index (χ2v) is 13.7. The van der Waals surface area contributed by atoms with Crippen LogP contribution in [0.2, 0.25) is 0 Å². The van der Waals surface area contributed by atoms with Crippen LogP contribution in [0.1, 0.15) is 51.3 Å². The maximum atomic E-state index is 13.1. The number of rotatable bonds is 8. The van der Waals surface area contributed by atoms with E-state index in [1.165, 1.54) is 11.3 Å². The molecule has 2 aromatic heterocycles. The number of carbonyl (C=O) groups excluding carboxylic acids is 2. The van der Waals surface area contributed by atoms with Crippen molar-refractivity contribution in [3.8, 4) is 11.1 Å². The molecule has 234 valence electrons. The quantitative estimate of drug-likeness (QED) is 0.389. The Balaban J connectivity index is 0.900. The van der Waals surface area contributed by atoms with Crippen molar-refractivity contribution in [2.45, 2.75) is 76.3 Å². The molecule has 2 aliphatic carbocycles. The molecule has 2 saturated carbocycles. The lowest BCUT2D eigenvalue weighted by molar-refractivity contribution is -0.140. The van der Waals surface area contributed by atoms with Gasteiger partial charge in [0.05, 0.1) is 34.9 Å². The fourth-order valence-corrected chi connectivity index (χ4v) is 7.91. The van der Waals surface area contributed by atoms with Crippen LogP contribution in [0, 0.1) is 11.8 Å². The summed E-state index contributed by atoms with van der Waals surface area (Å²) in [5.41, 5.74) is 2.71. The largest absolute Gasteiger partial charge is 0.390 e. The van der Waals surface area contributed by atoms with E-state index in [9.17, 15) is 14.7 Å². The predicted molar refractivity (Wildman–Crippen MR) is 166 cm³/mol. The van der Waals surface area contributed by atoms with Crippen molar-refractivity contribution < 1.29 is 24.2 Å². The Bertz CT molecular complexity index is 1490. The molecule has 1 aromatic carbocycles. The molecule has 2 N–H and O–H groups in total. The Morgan fingerprint density at radius 3 is 2.68 bits per heavy atom. The minimum absolute atomic E-state index is 0.0173. The standard InChI is InChI=1S/C32H40N6O5S/c1-19-16-37(31(41)21-7-10-42-17-21)8-9-38(19)24-11-22(12-24)30(40)36-32-35-25-6-5-20(13-28(25)44-32)23-14-33-29(34-15-23)18-43-27-4-2-3-26(27)39/h5-6,13-15,19,21-22,24,26-27,39H,2-4,7-12,16-18H2,1H3,(H,35,36,40)/t19-,21?,22?,24?,26-,27-/m0/s1. The first-order valence-electron chi connectivity index (χ1n) is 15.9. The van der Waals surface area contributed by atoms with Gasteiger partial charge in [-0.05, 0) is 63.1 Å². The van der Waals surface area contributed by atoms with Crippen LogP contribution in [0.4, 0.5) is 5.13 Å². The monoisotopic (exact) mass is 620 g/mol. The zero-order chi connectivity index (χ0) is 30.2. The lowest BCUT2D eigenvalue weighted by Crippen LogP contribution is -2.60. The van der Waals surface area contributed by atoms with Gasteiger partial charge in [0.25, 0.3) is 0 Å². The minimum Gasteiger partial charge on any atom is -0.390 e. The first-order chi connectivity index (χ1) is 21.4. The van der Waals surface area contributed by atoms with Crippen molar-refractivity contribution in [3.63, 3.8) is 0 Å². The average molecular weight is 621 g/mol. The Morgan fingerprint density at radius 1 is 1.11 bits per heavy atom. The predicted octanol–water partition coefficient (Wildman–Crippen LogP) is 3.47. The molecule has 3 aromatic rings. The van der Waals surface area contributed by atoms with Crippen LogP contribution in [0.3, 0.4) is 0 Å². The first-order valence-corrected chi connectivity index (χ1v) is 16.7. The number of ether oxygens (including phenoxy) is 2. The summed E-state index contributed by atoms with van der Waals surface area (Å²) in [6.45, 7) is 6.05. The number of benzene rings is 1. The molecule has 2 amide bonds. The molecule has 2 saturated heterocycles. The number of aliphatic hydroxyl groups excluding tert-OH is 1. The Kier molecular flexibility index (Phi) is 8.60. The van der Waals surface area contributed by atoms with Gasteiger partial charge in [-0.2, -0.15) is 0 Å². The minimum atomic E-state index is -0.396. The Hall–Kier alpha value is -3.03. The first kappa shape index (κ1) is 29.7. The van der Waals surface area contributed by atoms with Gasteiger partial charge in [0.2, 0.25) is 11.8 Å². The molecule has 11 nitrogen and oxygen atoms in total. The zero-order valence-corrected chi connectivity index (χ0v) is 25.9. The van der Waals surface area contributed by atoms with Crippen molar-refractivity contribution in [1.29, 1.82) is 0 Å². The second kappa shape index (κ2) is 12.8. The number of nitrogens with one attached hydrogen (secondary N) is 1. The molecule has 1 unspecified atom stereocenters. The van der Waals surface area contributed by atoms with Gasteiger partial charge < -0.3 is 24.8 Å². The summed E-state index contributed by atoms with van der Waals surface area (Å²) in [7, 11) is 0. The third kappa shape index (κ3) is 6.23. The Morgan fingerprint density at radius 2 is 1.95 bits per heavy atom. The van der Waals surface area contributed by atoms with E-state index in [4.69, 9.17) is 9.47 Å². The molecule has 0 spiro atoms. The van der Waals surface area contributed by atoms with Crippen LogP contribution < -0.4 is 5.32 Å². The number of amides is 2. The summed E-state index contributed by atoms with van der Waals surface area (Å²) in [5, 5.41) is 13.6. The van der Waals surface area contributed by atoms with Crippen LogP contribution in [0.15, 0.2) is 30.6 Å². The van der Waals surface area contributed by atoms with Gasteiger partial charge in [-0.25, -0.2) is 15.0 Å². The average Bonchev–Trinajstić information content (AvgIpc) is 3.77. The van der Waals surface area contributed by atoms with Crippen molar-refractivity contribution in [2.24, 2.45) is 11.8 Å². The molecule has 0 bridgehead atoms. The van der Waals surface area contributed by atoms with E-state index in [0.717, 1.165) is 79.5 Å². The lowest BCUT2D eigenvalue weighted by Gasteiger charge is -2.49. The van der Waals surface area contributed by atoms with E-state index in [-0.39, 0.29) is 42.4 Å². The molecule has 4 aliphatic rings. The maximum absolute atomic E-state index is 13.1. The number of fused-ring (bicyclic) bond motifs is 1. The van der Waals surface area contributed by atoms with Gasteiger partial charge in [0.1, 0.15) is 6.61 Å². The number of thiazole rings is 1. The van der Waals surface area contributed by atoms with Crippen LogP contribution in [0.5, 0.6) is 0 Å². The van der Waals surface area contributed by atoms with Gasteiger partial charge in [0, 0.05) is 62.2 Å². The van der Waals surface area contributed by atoms with E-state index < -0.39 is 6.10 Å². The number of aromatic nitrogens is 3. The molecular weight excluding hydrogens is 580 g/mol. The van der Waals surface area contributed by atoms with Gasteiger partial charge in [-0.1, -0.05) is 17.4 Å². The zero-order valence-electron chi connectivity index (χ0n) is 25.1. The van der Waals surface area contributed by atoms with Crippen molar-refractivity contribution in [1.82, 2.24) is 24.8 Å². The number of aliphatic hydroxyl groups is 1. The topological polar surface area (TPSA) is 130 Å². The van der Waals surface area contributed by atoms with Crippen LogP contribution in [-0.4, -0.2) is 98.8 Å². The SMILES string of the molecule is C[C@H]1CN(C(=O)C2CCOC2)CCN1C1CC(C(=O)Nc2nc3ccc(-c4cnc(CO[C@H]5CCC[C@@H]5O)nc4)cc3s2)C1. The second-order valence-electron chi connectivity index (χ2n) is 12.7. The normalized spacial score (nSPS) is 29.2. The third-order valence-electron chi connectivity index (χ3n) is 9.72. The van der Waals surface area contributed by atoms with E-state index in [1.54, 1.807) is 12.4 Å². The molecule has 2 aliphatic heterocycles. The molecule has 4 heterocycles. The maximum Gasteiger partial charge on any atom is 0.229 e. The molecule has 4 fully saturated rings. The Labute approximate surface area is 261 Å². The fourth-order valence-electron chi connectivity index (χ4n) is 7.00. The molecule has 12 heteroatoms. The van der Waals surface area contributed by atoms with Gasteiger partial charge in [-0.15, -0.1) is 0 Å². The highest BCUT2D eigenvalue weighted by Gasteiger charge is 2.42. The lowest BCUT2D eigenvalue weighted by atomic mass is 9.78. The van der Waals surface area contributed by atoms with Crippen LogP contribution >= 0.6 is 11.3 Å². The summed E-state index contributed by atoms with van der Waals surface area (Å²) >= 11 is 1.47. The fraction of sp³-hybridized carbons (Fsp3) is 0.594. The van der Waals surface area contributed by atoms with Crippen molar-refractivity contribution >= 4 is 38.5 Å². The summed E-state index contributed by atoms with van der Waals surface area (Å²) < 4.78 is 12.2. The number of piperazine rings is 1. The molecule has 0 radical (unpaired) electrons. The van der Waals surface area contributed by atoms with E-state index in [0.29, 0.717) is 30.2 Å². The van der Waals surface area contributed by atoms with Gasteiger partial charge in [0.15, 0.2) is 11.0 Å². The number of nitrogens with zero attached hydrogens (tertiary/aromatic N) is 5. The molecular formula is C32H40N6O5S. The van der Waals surface area contributed by atoms with E-state index in [2.05, 4.69) is 38.2 Å². The third-order valence-corrected chi connectivity index (χ3v) is 10.7. The number of carbonyl (C=O) groups is 2. The van der Waals surface area contributed by atoms with E-state index >= 15 is 0 Å². The number of hydrogen-bond donors (Lipinski definition) is 2. The molecule has 7 rings (SSSR count). The summed E-state index contributed by atoms with van der Waals surface area (Å²) in [6.07, 6.45) is 8.19. The summed E-state index contributed by atoms with van der Waals surface area (Å²) in [5.74, 6) is 0.845. The van der Waals surface area contributed by atoms with Crippen molar-refractivity contribution in [3.05, 3.63) is 36.4 Å². The van der Waals surface area contributed by atoms with Crippen molar-refractivity contribution in [2.75, 3.05) is 38.2 Å². The molecule has 44 heavy (non-hydrogen) atoms.